The van der Waals surface area contributed by atoms with Gasteiger partial charge in [0.05, 0.1) is 51.4 Å². The maximum atomic E-state index is 12.6. The van der Waals surface area contributed by atoms with Crippen LogP contribution in [0.5, 0.6) is 5.75 Å². The number of hydrogen-bond donors (Lipinski definition) is 2. The third-order valence-corrected chi connectivity index (χ3v) is 6.09. The molecule has 1 aromatic heterocycles. The summed E-state index contributed by atoms with van der Waals surface area (Å²) in [6.07, 6.45) is 0. The number of halogens is 1. The number of methoxy groups -OCH3 is 1. The number of ether oxygens (including phenoxy) is 1. The van der Waals surface area contributed by atoms with Gasteiger partial charge in [-0.1, -0.05) is 29.8 Å². The molecule has 14 heteroatoms. The molecule has 0 aliphatic heterocycles. The molecule has 0 aliphatic rings. The van der Waals surface area contributed by atoms with E-state index in [4.69, 9.17) is 22.1 Å². The molecule has 1 amide bonds. The minimum absolute atomic E-state index is 0.0555. The second kappa shape index (κ2) is 12.3. The number of aromatic nitrogens is 2. The van der Waals surface area contributed by atoms with Crippen molar-refractivity contribution in [2.24, 2.45) is 16.0 Å². The van der Waals surface area contributed by atoms with Crippen LogP contribution in [0.1, 0.15) is 10.4 Å². The number of anilines is 4. The Hall–Kier alpha value is -4.26. The molecular weight excluding hydrogens is 532 g/mol. The number of fused-ring (bicyclic) bond motifs is 1. The highest BCUT2D eigenvalue weighted by molar-refractivity contribution is 7.81. The Bertz CT molecular complexity index is 1580. The van der Waals surface area contributed by atoms with E-state index in [1.807, 2.05) is 0 Å². The number of hydrogen-bond acceptors (Lipinski definition) is 9. The summed E-state index contributed by atoms with van der Waals surface area (Å²) in [6, 6.07) is 17.8. The summed E-state index contributed by atoms with van der Waals surface area (Å²) in [5, 5.41) is 10.6. The molecule has 0 bridgehead atoms. The van der Waals surface area contributed by atoms with E-state index in [1.165, 1.54) is 31.4 Å². The number of para-hydroxylation sites is 2. The highest BCUT2D eigenvalue weighted by Crippen LogP contribution is 2.36. The minimum Gasteiger partial charge on any atom is -0.755 e. The van der Waals surface area contributed by atoms with Gasteiger partial charge in [-0.2, -0.15) is 0 Å². The van der Waals surface area contributed by atoms with Crippen molar-refractivity contribution in [3.8, 4) is 5.75 Å². The summed E-state index contributed by atoms with van der Waals surface area (Å²) in [5.41, 5.74) is 6.91. The number of amides is 1. The van der Waals surface area contributed by atoms with Crippen LogP contribution in [-0.4, -0.2) is 44.8 Å². The van der Waals surface area contributed by atoms with E-state index in [1.54, 1.807) is 42.5 Å². The number of carbonyl (C=O) groups excluding carboxylic acids is 1. The number of nitrogens with zero attached hydrogens (tertiary/aromatic N) is 6. The topological polar surface area (TPSA) is 172 Å². The van der Waals surface area contributed by atoms with Gasteiger partial charge in [-0.05, 0) is 42.5 Å². The number of rotatable bonds is 9. The van der Waals surface area contributed by atoms with Crippen molar-refractivity contribution in [3.63, 3.8) is 0 Å². The molecule has 0 saturated heterocycles. The molecule has 4 aromatic rings. The van der Waals surface area contributed by atoms with Crippen molar-refractivity contribution in [3.05, 3.63) is 77.3 Å². The second-order valence-corrected chi connectivity index (χ2v) is 8.77. The molecule has 3 N–H and O–H groups in total. The van der Waals surface area contributed by atoms with E-state index >= 15 is 0 Å². The van der Waals surface area contributed by atoms with Gasteiger partial charge in [0.15, 0.2) is 11.6 Å². The lowest BCUT2D eigenvalue weighted by molar-refractivity contribution is 0.0992. The van der Waals surface area contributed by atoms with Crippen LogP contribution < -0.4 is 25.0 Å². The molecule has 0 aliphatic carbocycles. The van der Waals surface area contributed by atoms with E-state index in [2.05, 4.69) is 30.4 Å². The number of benzene rings is 3. The average Bonchev–Trinajstić information content (AvgIpc) is 2.92. The quantitative estimate of drug-likeness (QED) is 0.178. The summed E-state index contributed by atoms with van der Waals surface area (Å²) in [5.74, 6) is -0.148. The van der Waals surface area contributed by atoms with Crippen molar-refractivity contribution in [1.82, 2.24) is 14.9 Å². The van der Waals surface area contributed by atoms with Crippen LogP contribution >= 0.6 is 11.6 Å². The Labute approximate surface area is 224 Å². The van der Waals surface area contributed by atoms with Crippen molar-refractivity contribution in [1.29, 1.82) is 0 Å². The molecular formula is C24H21ClN8O4S. The van der Waals surface area contributed by atoms with E-state index in [-0.39, 0.29) is 36.0 Å². The largest absolute Gasteiger partial charge is 0.755 e. The first-order valence-electron chi connectivity index (χ1n) is 11.1. The van der Waals surface area contributed by atoms with E-state index in [0.29, 0.717) is 27.5 Å². The minimum atomic E-state index is -2.87. The zero-order chi connectivity index (χ0) is 27.1. The van der Waals surface area contributed by atoms with E-state index in [0.717, 1.165) is 4.31 Å². The van der Waals surface area contributed by atoms with Crippen LogP contribution in [-0.2, 0) is 11.3 Å². The zero-order valence-corrected chi connectivity index (χ0v) is 21.5. The smallest absolute Gasteiger partial charge is 0.360 e. The lowest BCUT2D eigenvalue weighted by atomic mass is 10.2. The van der Waals surface area contributed by atoms with Gasteiger partial charge < -0.3 is 20.3 Å². The van der Waals surface area contributed by atoms with Crippen LogP contribution in [0, 0.1) is 0 Å². The lowest BCUT2D eigenvalue weighted by Gasteiger charge is -2.27. The summed E-state index contributed by atoms with van der Waals surface area (Å²) < 4.78 is 31.3. The highest BCUT2D eigenvalue weighted by atomic mass is 35.5. The predicted molar refractivity (Wildman–Crippen MR) is 144 cm³/mol. The van der Waals surface area contributed by atoms with Crippen LogP contribution in [0.25, 0.3) is 11.0 Å². The summed E-state index contributed by atoms with van der Waals surface area (Å²) in [4.78, 5) is 25.1. The molecule has 1 unspecified atom stereocenters. The molecule has 12 nitrogen and oxygen atoms in total. The van der Waals surface area contributed by atoms with Gasteiger partial charge >= 0.3 is 5.91 Å². The number of carbonyl (C=O) groups is 1. The standard InChI is InChI=1S/C24H21ClN8O4S/c1-37-17-9-10-18(25)21(14-17)29-22-23(30-20-8-3-2-7-19(20)28-22)33(38(35)36)16-6-4-5-15(13-16)24(34)31-32-27-12-11-26/h2-10,13-14H,11-12,26H2,1H3,(H-,28,29,35,36). The monoisotopic (exact) mass is 552 g/mol. The second-order valence-electron chi connectivity index (χ2n) is 7.57. The van der Waals surface area contributed by atoms with Gasteiger partial charge in [0.25, 0.3) is 0 Å². The molecule has 3 aromatic carbocycles. The van der Waals surface area contributed by atoms with Gasteiger partial charge in [0.1, 0.15) is 17.4 Å². The van der Waals surface area contributed by atoms with E-state index < -0.39 is 17.2 Å². The fourth-order valence-electron chi connectivity index (χ4n) is 3.35. The van der Waals surface area contributed by atoms with Crippen molar-refractivity contribution in [2.75, 3.05) is 29.8 Å². The summed E-state index contributed by atoms with van der Waals surface area (Å²) >= 11 is 3.50. The van der Waals surface area contributed by atoms with Gasteiger partial charge in [-0.15, -0.1) is 0 Å². The maximum Gasteiger partial charge on any atom is 0.360 e. The van der Waals surface area contributed by atoms with Gasteiger partial charge in [-0.25, -0.2) is 9.97 Å². The van der Waals surface area contributed by atoms with Gasteiger partial charge in [0, 0.05) is 12.6 Å². The van der Waals surface area contributed by atoms with Crippen LogP contribution in [0.3, 0.4) is 0 Å². The Kier molecular flexibility index (Phi) is 8.69. The highest BCUT2D eigenvalue weighted by Gasteiger charge is 2.22. The number of nitrogens with two attached hydrogens (primary N) is 1. The average molecular weight is 553 g/mol. The summed E-state index contributed by atoms with van der Waals surface area (Å²) in [6.45, 7) is 0.477. The number of nitrogens with one attached hydrogen (secondary N) is 1. The molecule has 38 heavy (non-hydrogen) atoms. The van der Waals surface area contributed by atoms with Gasteiger partial charge in [0.2, 0.25) is 10.0 Å². The van der Waals surface area contributed by atoms with Crippen LogP contribution in [0.15, 0.2) is 77.0 Å². The predicted octanol–water partition coefficient (Wildman–Crippen LogP) is 4.04. The normalized spacial score (nSPS) is 11.4. The van der Waals surface area contributed by atoms with Crippen molar-refractivity contribution in [2.45, 2.75) is 0 Å². The molecule has 1 atom stereocenters. The molecule has 0 spiro atoms. The Morgan fingerprint density at radius 1 is 1.16 bits per heavy atom. The van der Waals surface area contributed by atoms with Crippen molar-refractivity contribution < 1.29 is 18.3 Å². The Morgan fingerprint density at radius 3 is 2.63 bits per heavy atom. The molecule has 1 heterocycles. The molecule has 0 fully saturated rings. The van der Waals surface area contributed by atoms with Gasteiger partial charge in [-0.3, -0.25) is 13.3 Å². The third-order valence-electron chi connectivity index (χ3n) is 5.08. The first kappa shape index (κ1) is 26.8. The Morgan fingerprint density at radius 2 is 1.92 bits per heavy atom. The third kappa shape index (κ3) is 6.17. The summed E-state index contributed by atoms with van der Waals surface area (Å²) in [7, 11) is 1.51. The molecule has 4 rings (SSSR count). The first-order chi connectivity index (χ1) is 18.4. The SMILES string of the molecule is COc1ccc(Cl)c(Nc2nc3ccccc3nc2N(c2cccc(C(=O)N=[N+]=NCCN)c2)S(=O)[O-])c1. The van der Waals surface area contributed by atoms with E-state index in [9.17, 15) is 13.6 Å². The van der Waals surface area contributed by atoms with Crippen LogP contribution in [0.4, 0.5) is 23.0 Å². The Balaban J connectivity index is 1.83. The maximum absolute atomic E-state index is 12.6. The van der Waals surface area contributed by atoms with Crippen LogP contribution in [0.2, 0.25) is 5.02 Å². The molecule has 194 valence electrons. The van der Waals surface area contributed by atoms with Crippen molar-refractivity contribution >= 4 is 62.8 Å². The first-order valence-corrected chi connectivity index (χ1v) is 12.5. The fraction of sp³-hybridized carbons (Fsp3) is 0.125. The lowest BCUT2D eigenvalue weighted by Crippen LogP contribution is -2.22. The fourth-order valence-corrected chi connectivity index (χ4v) is 4.07. The molecule has 0 saturated carbocycles. The molecule has 0 radical (unpaired) electrons. The zero-order valence-electron chi connectivity index (χ0n) is 19.9.